The van der Waals surface area contributed by atoms with Gasteiger partial charge in [0.2, 0.25) is 0 Å². The van der Waals surface area contributed by atoms with Crippen LogP contribution in [0.3, 0.4) is 0 Å². The van der Waals surface area contributed by atoms with Crippen LogP contribution in [-0.2, 0) is 11.0 Å². The Bertz CT molecular complexity index is 875. The Hall–Kier alpha value is -2.91. The summed E-state index contributed by atoms with van der Waals surface area (Å²) in [5, 5.41) is 16.5. The first kappa shape index (κ1) is 18.9. The number of hydrogen-bond acceptors (Lipinski definition) is 4. The summed E-state index contributed by atoms with van der Waals surface area (Å²) in [7, 11) is 1.45. The molecular formula is C17H17F3N4O3. The number of carboxylic acids is 1. The smallest absolute Gasteiger partial charge is 0.416 e. The molecule has 1 aliphatic carbocycles. The monoisotopic (exact) mass is 382 g/mol. The third-order valence-electron chi connectivity index (χ3n) is 4.30. The van der Waals surface area contributed by atoms with E-state index in [1.54, 1.807) is 0 Å². The molecule has 0 bridgehead atoms. The average molecular weight is 382 g/mol. The fourth-order valence-corrected chi connectivity index (χ4v) is 2.71. The maximum Gasteiger partial charge on any atom is 0.416 e. The fourth-order valence-electron chi connectivity index (χ4n) is 2.71. The highest BCUT2D eigenvalue weighted by Crippen LogP contribution is 2.42. The SMILES string of the molecule is CN(CCC(=O)O)C(=O)c1nnn(-c2cccc(C(F)(F)F)c2)c1C1CC1. The van der Waals surface area contributed by atoms with Crippen LogP contribution < -0.4 is 0 Å². The van der Waals surface area contributed by atoms with Crippen LogP contribution in [0.1, 0.15) is 46.9 Å². The Morgan fingerprint density at radius 3 is 2.63 bits per heavy atom. The molecule has 1 aromatic heterocycles. The number of benzene rings is 1. The molecule has 27 heavy (non-hydrogen) atoms. The first-order chi connectivity index (χ1) is 12.7. The number of aromatic nitrogens is 3. The standard InChI is InChI=1S/C17H17F3N4O3/c1-23(8-7-13(25)26)16(27)14-15(10-5-6-10)24(22-21-14)12-4-2-3-11(9-12)17(18,19)20/h2-4,9-10H,5-8H2,1H3,(H,25,26). The average Bonchev–Trinajstić information content (AvgIpc) is 3.36. The van der Waals surface area contributed by atoms with Crippen LogP contribution in [0.5, 0.6) is 0 Å². The first-order valence-corrected chi connectivity index (χ1v) is 8.29. The van der Waals surface area contributed by atoms with Crippen molar-refractivity contribution in [2.75, 3.05) is 13.6 Å². The molecule has 0 radical (unpaired) electrons. The van der Waals surface area contributed by atoms with Crippen LogP contribution in [0.25, 0.3) is 5.69 Å². The van der Waals surface area contributed by atoms with Crippen LogP contribution in [0.4, 0.5) is 13.2 Å². The van der Waals surface area contributed by atoms with E-state index in [9.17, 15) is 22.8 Å². The molecule has 1 saturated carbocycles. The normalized spacial score (nSPS) is 14.2. The number of alkyl halides is 3. The molecule has 1 aliphatic rings. The highest BCUT2D eigenvalue weighted by Gasteiger charge is 2.36. The van der Waals surface area contributed by atoms with E-state index in [1.165, 1.54) is 28.8 Å². The van der Waals surface area contributed by atoms with Crippen LogP contribution >= 0.6 is 0 Å². The van der Waals surface area contributed by atoms with Gasteiger partial charge in [0, 0.05) is 19.5 Å². The van der Waals surface area contributed by atoms with Crippen molar-refractivity contribution in [3.8, 4) is 5.69 Å². The topological polar surface area (TPSA) is 88.3 Å². The Morgan fingerprint density at radius 2 is 2.04 bits per heavy atom. The highest BCUT2D eigenvalue weighted by atomic mass is 19.4. The number of carbonyl (C=O) groups is 2. The molecule has 2 aromatic rings. The number of rotatable bonds is 6. The van der Waals surface area contributed by atoms with Gasteiger partial charge in [0.05, 0.1) is 23.4 Å². The zero-order chi connectivity index (χ0) is 19.8. The largest absolute Gasteiger partial charge is 0.481 e. The zero-order valence-corrected chi connectivity index (χ0v) is 14.4. The third kappa shape index (κ3) is 4.09. The Kier molecular flexibility index (Phi) is 4.90. The predicted molar refractivity (Wildman–Crippen MR) is 87.5 cm³/mol. The minimum atomic E-state index is -4.49. The number of aliphatic carboxylic acids is 1. The second-order valence-corrected chi connectivity index (χ2v) is 6.43. The third-order valence-corrected chi connectivity index (χ3v) is 4.30. The van der Waals surface area contributed by atoms with Gasteiger partial charge < -0.3 is 10.0 Å². The summed E-state index contributed by atoms with van der Waals surface area (Å²) in [4.78, 5) is 24.5. The summed E-state index contributed by atoms with van der Waals surface area (Å²) in [6, 6.07) is 4.67. The molecule has 0 aliphatic heterocycles. The van der Waals surface area contributed by atoms with Crippen molar-refractivity contribution in [1.29, 1.82) is 0 Å². The van der Waals surface area contributed by atoms with Crippen molar-refractivity contribution in [1.82, 2.24) is 19.9 Å². The van der Waals surface area contributed by atoms with Crippen molar-refractivity contribution >= 4 is 11.9 Å². The number of amides is 1. The molecule has 1 heterocycles. The number of carboxylic acid groups (broad SMARTS) is 1. The maximum absolute atomic E-state index is 13.0. The van der Waals surface area contributed by atoms with Gasteiger partial charge in [-0.25, -0.2) is 4.68 Å². The summed E-state index contributed by atoms with van der Waals surface area (Å²) < 4.78 is 40.2. The lowest BCUT2D eigenvalue weighted by Crippen LogP contribution is -2.30. The van der Waals surface area contributed by atoms with Gasteiger partial charge in [0.1, 0.15) is 0 Å². The minimum absolute atomic E-state index is 0.00527. The molecule has 10 heteroatoms. The summed E-state index contributed by atoms with van der Waals surface area (Å²) in [6.45, 7) is -0.00527. The number of carbonyl (C=O) groups excluding carboxylic acids is 1. The Balaban J connectivity index is 1.95. The molecule has 0 saturated heterocycles. The lowest BCUT2D eigenvalue weighted by atomic mass is 10.1. The molecule has 3 rings (SSSR count). The van der Waals surface area contributed by atoms with E-state index in [0.717, 1.165) is 25.0 Å². The van der Waals surface area contributed by atoms with Crippen molar-refractivity contribution in [3.05, 3.63) is 41.2 Å². The molecule has 1 amide bonds. The van der Waals surface area contributed by atoms with Gasteiger partial charge in [-0.3, -0.25) is 9.59 Å². The fraction of sp³-hybridized carbons (Fsp3) is 0.412. The summed E-state index contributed by atoms with van der Waals surface area (Å²) in [5.41, 5.74) is -0.139. The van der Waals surface area contributed by atoms with Gasteiger partial charge >= 0.3 is 12.1 Å². The van der Waals surface area contributed by atoms with Crippen LogP contribution in [0.2, 0.25) is 0 Å². The molecule has 0 spiro atoms. The van der Waals surface area contributed by atoms with E-state index in [0.29, 0.717) is 5.69 Å². The number of halogens is 3. The maximum atomic E-state index is 13.0. The molecule has 1 N–H and O–H groups in total. The van der Waals surface area contributed by atoms with Crippen LogP contribution in [0.15, 0.2) is 24.3 Å². The van der Waals surface area contributed by atoms with E-state index in [1.807, 2.05) is 0 Å². The van der Waals surface area contributed by atoms with E-state index in [-0.39, 0.29) is 30.3 Å². The zero-order valence-electron chi connectivity index (χ0n) is 14.4. The second-order valence-electron chi connectivity index (χ2n) is 6.43. The van der Waals surface area contributed by atoms with Crippen molar-refractivity contribution in [2.45, 2.75) is 31.4 Å². The van der Waals surface area contributed by atoms with E-state index < -0.39 is 23.6 Å². The van der Waals surface area contributed by atoms with E-state index >= 15 is 0 Å². The molecule has 0 atom stereocenters. The first-order valence-electron chi connectivity index (χ1n) is 8.29. The van der Waals surface area contributed by atoms with Gasteiger partial charge in [-0.15, -0.1) is 5.10 Å². The number of nitrogens with zero attached hydrogens (tertiary/aromatic N) is 4. The lowest BCUT2D eigenvalue weighted by Gasteiger charge is -2.15. The Morgan fingerprint density at radius 1 is 1.33 bits per heavy atom. The molecule has 1 aromatic carbocycles. The number of hydrogen-bond donors (Lipinski definition) is 1. The van der Waals surface area contributed by atoms with E-state index in [4.69, 9.17) is 5.11 Å². The highest BCUT2D eigenvalue weighted by molar-refractivity contribution is 5.93. The molecule has 144 valence electrons. The molecule has 1 fully saturated rings. The van der Waals surface area contributed by atoms with E-state index in [2.05, 4.69) is 10.3 Å². The van der Waals surface area contributed by atoms with Crippen molar-refractivity contribution in [3.63, 3.8) is 0 Å². The van der Waals surface area contributed by atoms with Gasteiger partial charge in [0.25, 0.3) is 5.91 Å². The summed E-state index contributed by atoms with van der Waals surface area (Å²) in [6.07, 6.45) is -3.15. The van der Waals surface area contributed by atoms with Crippen molar-refractivity contribution in [2.24, 2.45) is 0 Å². The quantitative estimate of drug-likeness (QED) is 0.830. The van der Waals surface area contributed by atoms with Gasteiger partial charge in [-0.2, -0.15) is 13.2 Å². The Labute approximate surface area is 152 Å². The van der Waals surface area contributed by atoms with Crippen molar-refractivity contribution < 1.29 is 27.9 Å². The minimum Gasteiger partial charge on any atom is -0.481 e. The summed E-state index contributed by atoms with van der Waals surface area (Å²) in [5.74, 6) is -1.55. The van der Waals surface area contributed by atoms with Gasteiger partial charge in [-0.1, -0.05) is 11.3 Å². The second kappa shape index (κ2) is 7.01. The molecular weight excluding hydrogens is 365 g/mol. The van der Waals surface area contributed by atoms with Crippen LogP contribution in [-0.4, -0.2) is 50.5 Å². The predicted octanol–water partition coefficient (Wildman–Crippen LogP) is 2.71. The van der Waals surface area contributed by atoms with Gasteiger partial charge in [-0.05, 0) is 31.0 Å². The molecule has 0 unspecified atom stereocenters. The lowest BCUT2D eigenvalue weighted by molar-refractivity contribution is -0.138. The van der Waals surface area contributed by atoms with Crippen LogP contribution in [0, 0.1) is 0 Å². The summed E-state index contributed by atoms with van der Waals surface area (Å²) >= 11 is 0. The van der Waals surface area contributed by atoms with Gasteiger partial charge in [0.15, 0.2) is 5.69 Å². The molecule has 7 nitrogen and oxygen atoms in total.